The van der Waals surface area contributed by atoms with Crippen LogP contribution in [0.5, 0.6) is 5.88 Å². The zero-order chi connectivity index (χ0) is 22.3. The summed E-state index contributed by atoms with van der Waals surface area (Å²) in [6.45, 7) is 0. The number of carbonyl (C=O) groups is 1. The molecule has 0 aliphatic heterocycles. The van der Waals surface area contributed by atoms with Gasteiger partial charge in [-0.3, -0.25) is 4.79 Å². The molecule has 5 rings (SSSR count). The highest BCUT2D eigenvalue weighted by Crippen LogP contribution is 2.35. The minimum Gasteiger partial charge on any atom is -0.481 e. The molecule has 9 nitrogen and oxygen atoms in total. The maximum absolute atomic E-state index is 12.9. The predicted molar refractivity (Wildman–Crippen MR) is 116 cm³/mol. The molecule has 0 radical (unpaired) electrons. The fourth-order valence-electron chi connectivity index (χ4n) is 4.17. The second kappa shape index (κ2) is 8.01. The molecular weight excluding hydrogens is 430 g/mol. The summed E-state index contributed by atoms with van der Waals surface area (Å²) < 4.78 is 32.8. The van der Waals surface area contributed by atoms with Crippen molar-refractivity contribution in [3.63, 3.8) is 0 Å². The Morgan fingerprint density at radius 2 is 2.09 bits per heavy atom. The number of nitrogens with zero attached hydrogens (tertiary/aromatic N) is 4. The van der Waals surface area contributed by atoms with Crippen LogP contribution >= 0.6 is 0 Å². The van der Waals surface area contributed by atoms with Crippen molar-refractivity contribution in [1.29, 1.82) is 0 Å². The highest BCUT2D eigenvalue weighted by molar-refractivity contribution is 7.90. The van der Waals surface area contributed by atoms with Gasteiger partial charge in [-0.15, -0.1) is 5.10 Å². The first-order chi connectivity index (χ1) is 15.4. The van der Waals surface area contributed by atoms with Crippen molar-refractivity contribution < 1.29 is 17.9 Å². The Kier molecular flexibility index (Phi) is 5.16. The molecule has 2 heterocycles. The smallest absolute Gasteiger partial charge is 0.285 e. The van der Waals surface area contributed by atoms with Crippen molar-refractivity contribution in [3.8, 4) is 17.0 Å². The SMILES string of the molecule is COc1cc(-c2ccc3c(c2CC(=O)NS(=O)(=O)c2cnn(C4CC4)n2)CCC3)ccn1. The number of methoxy groups -OCH3 is 1. The molecule has 1 N–H and O–H groups in total. The van der Waals surface area contributed by atoms with Gasteiger partial charge in [-0.2, -0.15) is 18.3 Å². The third-order valence-electron chi connectivity index (χ3n) is 5.88. The quantitative estimate of drug-likeness (QED) is 0.583. The molecule has 0 spiro atoms. The van der Waals surface area contributed by atoms with Crippen molar-refractivity contribution in [2.45, 2.75) is 49.6 Å². The highest BCUT2D eigenvalue weighted by Gasteiger charge is 2.29. The van der Waals surface area contributed by atoms with Crippen molar-refractivity contribution in [1.82, 2.24) is 24.7 Å². The van der Waals surface area contributed by atoms with Gasteiger partial charge in [0.05, 0.1) is 25.8 Å². The molecule has 0 unspecified atom stereocenters. The van der Waals surface area contributed by atoms with Gasteiger partial charge in [0.2, 0.25) is 16.8 Å². The Labute approximate surface area is 185 Å². The van der Waals surface area contributed by atoms with Gasteiger partial charge in [0.15, 0.2) is 0 Å². The third kappa shape index (κ3) is 3.97. The Balaban J connectivity index is 1.43. The van der Waals surface area contributed by atoms with Gasteiger partial charge in [0, 0.05) is 12.3 Å². The molecular formula is C22H23N5O4S. The summed E-state index contributed by atoms with van der Waals surface area (Å²) >= 11 is 0. The third-order valence-corrected chi connectivity index (χ3v) is 7.11. The fraction of sp³-hybridized carbons (Fsp3) is 0.364. The number of fused-ring (bicyclic) bond motifs is 1. The largest absolute Gasteiger partial charge is 0.481 e. The van der Waals surface area contributed by atoms with Crippen LogP contribution in [-0.2, 0) is 34.1 Å². The monoisotopic (exact) mass is 453 g/mol. The van der Waals surface area contributed by atoms with Gasteiger partial charge in [-0.05, 0) is 66.0 Å². The zero-order valence-corrected chi connectivity index (χ0v) is 18.4. The molecule has 1 saturated carbocycles. The van der Waals surface area contributed by atoms with E-state index in [9.17, 15) is 13.2 Å². The van der Waals surface area contributed by atoms with Crippen molar-refractivity contribution in [3.05, 3.63) is 53.3 Å². The highest BCUT2D eigenvalue weighted by atomic mass is 32.2. The maximum atomic E-state index is 12.9. The van der Waals surface area contributed by atoms with E-state index in [1.165, 1.54) is 16.6 Å². The summed E-state index contributed by atoms with van der Waals surface area (Å²) in [6.07, 6.45) is 7.46. The van der Waals surface area contributed by atoms with E-state index >= 15 is 0 Å². The molecule has 1 amide bonds. The normalized spacial score (nSPS) is 15.4. The first kappa shape index (κ1) is 20.6. The first-order valence-corrected chi connectivity index (χ1v) is 12.0. The molecule has 2 aliphatic rings. The van der Waals surface area contributed by atoms with Crippen molar-refractivity contribution >= 4 is 15.9 Å². The molecule has 2 aliphatic carbocycles. The van der Waals surface area contributed by atoms with E-state index in [4.69, 9.17) is 4.74 Å². The lowest BCUT2D eigenvalue weighted by Crippen LogP contribution is -2.32. The first-order valence-electron chi connectivity index (χ1n) is 10.6. The molecule has 3 aromatic rings. The number of hydrogen-bond acceptors (Lipinski definition) is 7. The summed E-state index contributed by atoms with van der Waals surface area (Å²) in [6, 6.07) is 7.89. The lowest BCUT2D eigenvalue weighted by molar-refractivity contribution is -0.118. The van der Waals surface area contributed by atoms with E-state index in [0.29, 0.717) is 5.88 Å². The average Bonchev–Trinajstić information content (AvgIpc) is 3.29. The lowest BCUT2D eigenvalue weighted by Gasteiger charge is -2.15. The summed E-state index contributed by atoms with van der Waals surface area (Å²) in [7, 11) is -2.54. The summed E-state index contributed by atoms with van der Waals surface area (Å²) in [4.78, 5) is 18.4. The zero-order valence-electron chi connectivity index (χ0n) is 17.6. The number of hydrogen-bond donors (Lipinski definition) is 1. The Hall–Kier alpha value is -3.27. The van der Waals surface area contributed by atoms with Crippen molar-refractivity contribution in [2.75, 3.05) is 7.11 Å². The molecule has 2 aromatic heterocycles. The molecule has 1 fully saturated rings. The molecule has 10 heteroatoms. The number of benzene rings is 1. The van der Waals surface area contributed by atoms with Crippen LogP contribution in [0.3, 0.4) is 0 Å². The van der Waals surface area contributed by atoms with E-state index in [1.54, 1.807) is 13.3 Å². The number of aryl methyl sites for hydroxylation is 1. The second-order valence-electron chi connectivity index (χ2n) is 8.11. The molecule has 0 saturated heterocycles. The number of pyridine rings is 1. The minimum atomic E-state index is -4.09. The Morgan fingerprint density at radius 1 is 1.25 bits per heavy atom. The molecule has 32 heavy (non-hydrogen) atoms. The Morgan fingerprint density at radius 3 is 2.88 bits per heavy atom. The van der Waals surface area contributed by atoms with Crippen LogP contribution in [0.2, 0.25) is 0 Å². The Bertz CT molecular complexity index is 1300. The van der Waals surface area contributed by atoms with Crippen LogP contribution in [0.4, 0.5) is 0 Å². The van der Waals surface area contributed by atoms with E-state index in [0.717, 1.165) is 54.4 Å². The average molecular weight is 454 g/mol. The van der Waals surface area contributed by atoms with Crippen LogP contribution in [0.1, 0.15) is 42.0 Å². The van der Waals surface area contributed by atoms with Crippen LogP contribution < -0.4 is 9.46 Å². The number of amides is 1. The summed E-state index contributed by atoms with van der Waals surface area (Å²) in [5, 5.41) is 7.80. The van der Waals surface area contributed by atoms with Crippen LogP contribution in [0, 0.1) is 0 Å². The van der Waals surface area contributed by atoms with Gasteiger partial charge >= 0.3 is 0 Å². The summed E-state index contributed by atoms with van der Waals surface area (Å²) in [5.41, 5.74) is 4.89. The van der Waals surface area contributed by atoms with Gasteiger partial charge in [0.1, 0.15) is 0 Å². The molecule has 166 valence electrons. The number of sulfonamides is 1. The van der Waals surface area contributed by atoms with Gasteiger partial charge in [-0.25, -0.2) is 9.71 Å². The maximum Gasteiger partial charge on any atom is 0.285 e. The van der Waals surface area contributed by atoms with Gasteiger partial charge in [0.25, 0.3) is 10.0 Å². The number of ether oxygens (including phenoxy) is 1. The van der Waals surface area contributed by atoms with E-state index < -0.39 is 15.9 Å². The van der Waals surface area contributed by atoms with Crippen molar-refractivity contribution in [2.24, 2.45) is 0 Å². The number of rotatable bonds is 7. The van der Waals surface area contributed by atoms with Crippen LogP contribution in [-0.4, -0.2) is 41.4 Å². The number of carbonyl (C=O) groups excluding carboxylic acids is 1. The fourth-order valence-corrected chi connectivity index (χ4v) is 5.02. The van der Waals surface area contributed by atoms with E-state index in [-0.39, 0.29) is 17.5 Å². The van der Waals surface area contributed by atoms with Gasteiger partial charge < -0.3 is 4.74 Å². The standard InChI is InChI=1S/C22H23N5O4S/c1-31-21-11-15(9-10-23-21)18-8-5-14-3-2-4-17(14)19(18)12-20(28)26-32(29,30)22-13-24-27(25-22)16-6-7-16/h5,8-11,13,16H,2-4,6-7,12H2,1H3,(H,26,28). The topological polar surface area (TPSA) is 116 Å². The number of nitrogens with one attached hydrogen (secondary N) is 1. The summed E-state index contributed by atoms with van der Waals surface area (Å²) in [5.74, 6) is -0.131. The minimum absolute atomic E-state index is 0.0564. The predicted octanol–water partition coefficient (Wildman–Crippen LogP) is 2.22. The number of aromatic nitrogens is 4. The lowest BCUT2D eigenvalue weighted by atomic mass is 9.91. The van der Waals surface area contributed by atoms with Gasteiger partial charge in [-0.1, -0.05) is 12.1 Å². The molecule has 1 aromatic carbocycles. The molecule has 0 bridgehead atoms. The van der Waals surface area contributed by atoms with Crippen LogP contribution in [0.15, 0.2) is 41.7 Å². The van der Waals surface area contributed by atoms with E-state index in [2.05, 4.69) is 26.0 Å². The molecule has 0 atom stereocenters. The van der Waals surface area contributed by atoms with Crippen LogP contribution in [0.25, 0.3) is 11.1 Å². The second-order valence-corrected chi connectivity index (χ2v) is 9.74. The van der Waals surface area contributed by atoms with E-state index in [1.807, 2.05) is 18.2 Å².